The predicted molar refractivity (Wildman–Crippen MR) is 86.9 cm³/mol. The van der Waals surface area contributed by atoms with E-state index in [9.17, 15) is 0 Å². The Balaban J connectivity index is 1.80. The summed E-state index contributed by atoms with van der Waals surface area (Å²) >= 11 is 0. The molecule has 3 nitrogen and oxygen atoms in total. The number of nitrogens with zero attached hydrogens (tertiary/aromatic N) is 1. The van der Waals surface area contributed by atoms with Crippen molar-refractivity contribution < 1.29 is 4.74 Å². The lowest BCUT2D eigenvalue weighted by molar-refractivity contribution is 0.413. The molecule has 2 aromatic rings. The predicted octanol–water partition coefficient (Wildman–Crippen LogP) is 3.15. The van der Waals surface area contributed by atoms with E-state index in [1.54, 1.807) is 7.11 Å². The van der Waals surface area contributed by atoms with Gasteiger partial charge in [-0.1, -0.05) is 30.3 Å². The van der Waals surface area contributed by atoms with Gasteiger partial charge in [-0.25, -0.2) is 0 Å². The lowest BCUT2D eigenvalue weighted by Gasteiger charge is -2.28. The fourth-order valence-corrected chi connectivity index (χ4v) is 3.10. The van der Waals surface area contributed by atoms with Crippen molar-refractivity contribution in [3.63, 3.8) is 0 Å². The fourth-order valence-electron chi connectivity index (χ4n) is 3.10. The first-order chi connectivity index (χ1) is 10.2. The first-order valence-corrected chi connectivity index (χ1v) is 7.43. The highest BCUT2D eigenvalue weighted by Crippen LogP contribution is 2.33. The van der Waals surface area contributed by atoms with Gasteiger partial charge < -0.3 is 15.4 Å². The summed E-state index contributed by atoms with van der Waals surface area (Å²) in [5.41, 5.74) is 10.3. The van der Waals surface area contributed by atoms with Gasteiger partial charge in [0.15, 0.2) is 0 Å². The van der Waals surface area contributed by atoms with Crippen LogP contribution in [0.3, 0.4) is 0 Å². The van der Waals surface area contributed by atoms with Gasteiger partial charge >= 0.3 is 0 Å². The third kappa shape index (κ3) is 2.74. The normalized spacial score (nSPS) is 18.4. The monoisotopic (exact) mass is 282 g/mol. The topological polar surface area (TPSA) is 38.5 Å². The van der Waals surface area contributed by atoms with E-state index >= 15 is 0 Å². The van der Waals surface area contributed by atoms with E-state index in [1.807, 2.05) is 18.2 Å². The highest BCUT2D eigenvalue weighted by Gasteiger charge is 2.27. The molecule has 0 radical (unpaired) electrons. The van der Waals surface area contributed by atoms with E-state index in [0.29, 0.717) is 6.04 Å². The van der Waals surface area contributed by atoms with E-state index in [4.69, 9.17) is 10.5 Å². The van der Waals surface area contributed by atoms with E-state index in [1.165, 1.54) is 11.3 Å². The van der Waals surface area contributed by atoms with Crippen molar-refractivity contribution in [2.75, 3.05) is 18.6 Å². The van der Waals surface area contributed by atoms with Gasteiger partial charge in [0.05, 0.1) is 7.11 Å². The molecule has 1 heterocycles. The molecule has 0 aliphatic carbocycles. The van der Waals surface area contributed by atoms with Crippen LogP contribution in [0.25, 0.3) is 0 Å². The Labute approximate surface area is 126 Å². The van der Waals surface area contributed by atoms with Crippen molar-refractivity contribution in [2.24, 2.45) is 5.73 Å². The van der Waals surface area contributed by atoms with Crippen LogP contribution >= 0.6 is 0 Å². The second-order valence-corrected chi connectivity index (χ2v) is 5.72. The number of hydrogen-bond donors (Lipinski definition) is 1. The van der Waals surface area contributed by atoms with Crippen molar-refractivity contribution >= 4 is 5.69 Å². The lowest BCUT2D eigenvalue weighted by atomic mass is 10.1. The first kappa shape index (κ1) is 14.0. The molecule has 0 saturated carbocycles. The molecule has 1 aliphatic rings. The van der Waals surface area contributed by atoms with Crippen molar-refractivity contribution in [3.8, 4) is 5.75 Å². The molecule has 1 aliphatic heterocycles. The van der Waals surface area contributed by atoms with Crippen LogP contribution in [-0.4, -0.2) is 19.7 Å². The summed E-state index contributed by atoms with van der Waals surface area (Å²) in [5.74, 6) is 0.859. The quantitative estimate of drug-likeness (QED) is 0.936. The molecule has 21 heavy (non-hydrogen) atoms. The van der Waals surface area contributed by atoms with E-state index < -0.39 is 0 Å². The molecule has 0 saturated heterocycles. The van der Waals surface area contributed by atoms with Gasteiger partial charge in [0.2, 0.25) is 0 Å². The second-order valence-electron chi connectivity index (χ2n) is 5.72. The summed E-state index contributed by atoms with van der Waals surface area (Å²) in [4.78, 5) is 2.42. The zero-order chi connectivity index (χ0) is 14.8. The van der Waals surface area contributed by atoms with Crippen LogP contribution in [0.2, 0.25) is 0 Å². The summed E-state index contributed by atoms with van der Waals surface area (Å²) < 4.78 is 5.28. The van der Waals surface area contributed by atoms with E-state index in [0.717, 1.165) is 24.3 Å². The van der Waals surface area contributed by atoms with Crippen molar-refractivity contribution in [1.82, 2.24) is 0 Å². The van der Waals surface area contributed by atoms with Gasteiger partial charge in [-0.15, -0.1) is 0 Å². The summed E-state index contributed by atoms with van der Waals surface area (Å²) in [6.45, 7) is 3.09. The summed E-state index contributed by atoms with van der Waals surface area (Å²) in [6.07, 6.45) is 1.10. The Hall–Kier alpha value is -2.00. The smallest absolute Gasteiger partial charge is 0.119 e. The molecule has 0 aromatic heterocycles. The maximum Gasteiger partial charge on any atom is 0.119 e. The summed E-state index contributed by atoms with van der Waals surface area (Å²) in [5, 5.41) is 0. The number of rotatable bonds is 4. The number of para-hydroxylation sites is 1. The van der Waals surface area contributed by atoms with Gasteiger partial charge in [-0.2, -0.15) is 0 Å². The highest BCUT2D eigenvalue weighted by molar-refractivity contribution is 5.59. The Bertz CT molecular complexity index is 626. The fraction of sp³-hybridized carbons (Fsp3) is 0.333. The summed E-state index contributed by atoms with van der Waals surface area (Å²) in [7, 11) is 1.68. The minimum atomic E-state index is -0.0197. The van der Waals surface area contributed by atoms with Crippen LogP contribution in [0.1, 0.15) is 24.1 Å². The Morgan fingerprint density at radius 1 is 1.24 bits per heavy atom. The van der Waals surface area contributed by atoms with Crippen LogP contribution in [0.5, 0.6) is 5.75 Å². The molecule has 0 spiro atoms. The molecule has 3 rings (SSSR count). The standard InChI is InChI=1S/C18H22N2O/c1-13-10-15-6-3-4-9-18(15)20(13)12-17(19)14-7-5-8-16(11-14)21-2/h3-9,11,13,17H,10,12,19H2,1-2H3. The molecule has 3 heteroatoms. The minimum absolute atomic E-state index is 0.0197. The molecule has 0 fully saturated rings. The number of ether oxygens (including phenoxy) is 1. The van der Waals surface area contributed by atoms with Crippen LogP contribution in [0, 0.1) is 0 Å². The molecular weight excluding hydrogens is 260 g/mol. The minimum Gasteiger partial charge on any atom is -0.497 e. The Morgan fingerprint density at radius 2 is 2.05 bits per heavy atom. The molecule has 2 N–H and O–H groups in total. The molecule has 0 amide bonds. The molecule has 0 bridgehead atoms. The zero-order valence-electron chi connectivity index (χ0n) is 12.6. The largest absolute Gasteiger partial charge is 0.497 e. The van der Waals surface area contributed by atoms with Gasteiger partial charge in [-0.05, 0) is 42.7 Å². The van der Waals surface area contributed by atoms with Gasteiger partial charge in [-0.3, -0.25) is 0 Å². The highest BCUT2D eigenvalue weighted by atomic mass is 16.5. The van der Waals surface area contributed by atoms with Crippen molar-refractivity contribution in [1.29, 1.82) is 0 Å². The maximum atomic E-state index is 6.42. The van der Waals surface area contributed by atoms with Crippen LogP contribution in [0.4, 0.5) is 5.69 Å². The lowest BCUT2D eigenvalue weighted by Crippen LogP contribution is -2.36. The van der Waals surface area contributed by atoms with E-state index in [-0.39, 0.29) is 6.04 Å². The Morgan fingerprint density at radius 3 is 2.86 bits per heavy atom. The summed E-state index contributed by atoms with van der Waals surface area (Å²) in [6, 6.07) is 17.1. The van der Waals surface area contributed by atoms with Gasteiger partial charge in [0.25, 0.3) is 0 Å². The molecule has 2 unspecified atom stereocenters. The third-order valence-electron chi connectivity index (χ3n) is 4.26. The second kappa shape index (κ2) is 5.78. The average Bonchev–Trinajstić information content (AvgIpc) is 2.83. The van der Waals surface area contributed by atoms with Gasteiger partial charge in [0, 0.05) is 24.3 Å². The number of fused-ring (bicyclic) bond motifs is 1. The number of anilines is 1. The first-order valence-electron chi connectivity index (χ1n) is 7.43. The van der Waals surface area contributed by atoms with Crippen molar-refractivity contribution in [2.45, 2.75) is 25.4 Å². The van der Waals surface area contributed by atoms with Crippen molar-refractivity contribution in [3.05, 3.63) is 59.7 Å². The SMILES string of the molecule is COc1cccc(C(N)CN2c3ccccc3CC2C)c1. The number of methoxy groups -OCH3 is 1. The van der Waals surface area contributed by atoms with Gasteiger partial charge in [0.1, 0.15) is 5.75 Å². The third-order valence-corrected chi connectivity index (χ3v) is 4.26. The zero-order valence-corrected chi connectivity index (χ0v) is 12.6. The van der Waals surface area contributed by atoms with Crippen LogP contribution < -0.4 is 15.4 Å². The number of benzene rings is 2. The van der Waals surface area contributed by atoms with Crippen LogP contribution in [-0.2, 0) is 6.42 Å². The average molecular weight is 282 g/mol. The van der Waals surface area contributed by atoms with Crippen LogP contribution in [0.15, 0.2) is 48.5 Å². The Kier molecular flexibility index (Phi) is 3.84. The molecular formula is C18H22N2O. The number of hydrogen-bond acceptors (Lipinski definition) is 3. The van der Waals surface area contributed by atoms with E-state index in [2.05, 4.69) is 42.2 Å². The molecule has 2 aromatic carbocycles. The number of nitrogens with two attached hydrogens (primary N) is 1. The molecule has 2 atom stereocenters. The molecule has 110 valence electrons. The maximum absolute atomic E-state index is 6.42.